The van der Waals surface area contributed by atoms with E-state index in [0.717, 1.165) is 0 Å². The standard InChI is InChI=1S/C15H16FIN6O2S/c16-15(6-8(5-11(15)17)22-26(24,25)9-1-2-9)14-21-20-12-7-19-13-10(23(12)14)3-4-18-13/h3-4,7-9,11,18,22H,1-2,5-6H2/t8-,11+,15-/m0/s1. The third-order valence-electron chi connectivity index (χ3n) is 5.14. The number of nitrogens with one attached hydrogen (secondary N) is 2. The first-order valence-electron chi connectivity index (χ1n) is 8.40. The van der Waals surface area contributed by atoms with Gasteiger partial charge in [0, 0.05) is 18.7 Å². The molecule has 2 N–H and O–H groups in total. The number of nitrogens with zero attached hydrogens (tertiary/aromatic N) is 4. The number of fused-ring (bicyclic) bond motifs is 3. The fourth-order valence-corrected chi connectivity index (χ4v) is 6.42. The van der Waals surface area contributed by atoms with Crippen molar-refractivity contribution in [1.29, 1.82) is 0 Å². The zero-order valence-corrected chi connectivity index (χ0v) is 16.5. The van der Waals surface area contributed by atoms with Crippen molar-refractivity contribution in [2.24, 2.45) is 0 Å². The van der Waals surface area contributed by atoms with Gasteiger partial charge >= 0.3 is 0 Å². The van der Waals surface area contributed by atoms with Crippen LogP contribution in [0, 0.1) is 0 Å². The van der Waals surface area contributed by atoms with Crippen LogP contribution < -0.4 is 4.72 Å². The van der Waals surface area contributed by atoms with Crippen molar-refractivity contribution in [3.63, 3.8) is 0 Å². The van der Waals surface area contributed by atoms with Gasteiger partial charge in [-0.15, -0.1) is 10.2 Å². The third-order valence-corrected chi connectivity index (χ3v) is 8.65. The predicted molar refractivity (Wildman–Crippen MR) is 101 cm³/mol. The van der Waals surface area contributed by atoms with Gasteiger partial charge in [0.15, 0.2) is 22.8 Å². The highest BCUT2D eigenvalue weighted by Gasteiger charge is 2.53. The van der Waals surface area contributed by atoms with Crippen LogP contribution >= 0.6 is 22.6 Å². The van der Waals surface area contributed by atoms with E-state index >= 15 is 4.39 Å². The number of H-pyrrole nitrogens is 1. The summed E-state index contributed by atoms with van der Waals surface area (Å²) in [6, 6.07) is 1.36. The first-order valence-corrected chi connectivity index (χ1v) is 11.2. The highest BCUT2D eigenvalue weighted by molar-refractivity contribution is 14.1. The van der Waals surface area contributed by atoms with E-state index in [-0.39, 0.29) is 17.5 Å². The molecule has 0 unspecified atom stereocenters. The molecule has 3 atom stereocenters. The lowest BCUT2D eigenvalue weighted by Gasteiger charge is -2.21. The second-order valence-corrected chi connectivity index (χ2v) is 10.5. The number of sulfonamides is 1. The first-order chi connectivity index (χ1) is 12.4. The number of rotatable bonds is 4. The van der Waals surface area contributed by atoms with Crippen molar-refractivity contribution in [3.05, 3.63) is 24.3 Å². The summed E-state index contributed by atoms with van der Waals surface area (Å²) < 4.78 is 44.5. The number of aromatic nitrogens is 5. The maximum absolute atomic E-state index is 16.1. The topological polar surface area (TPSA) is 105 Å². The Morgan fingerprint density at radius 1 is 1.38 bits per heavy atom. The molecule has 2 aliphatic rings. The summed E-state index contributed by atoms with van der Waals surface area (Å²) in [7, 11) is -3.36. The molecule has 0 aliphatic heterocycles. The second-order valence-electron chi connectivity index (χ2n) is 7.02. The number of halogens is 2. The fraction of sp³-hybridized carbons (Fsp3) is 0.533. The molecule has 3 aromatic heterocycles. The van der Waals surface area contributed by atoms with Gasteiger partial charge in [0.25, 0.3) is 0 Å². The molecule has 0 bridgehead atoms. The van der Waals surface area contributed by atoms with Crippen LogP contribution in [0.15, 0.2) is 18.5 Å². The average molecular weight is 490 g/mol. The van der Waals surface area contributed by atoms with Gasteiger partial charge in [0.2, 0.25) is 10.0 Å². The molecule has 8 nitrogen and oxygen atoms in total. The normalized spacial score (nSPS) is 29.8. The summed E-state index contributed by atoms with van der Waals surface area (Å²) in [5.41, 5.74) is 0.0124. The van der Waals surface area contributed by atoms with Crippen molar-refractivity contribution in [2.75, 3.05) is 0 Å². The van der Waals surface area contributed by atoms with Crippen LogP contribution in [0.3, 0.4) is 0 Å². The molecular formula is C15H16FIN6O2S. The van der Waals surface area contributed by atoms with Crippen LogP contribution in [0.4, 0.5) is 4.39 Å². The molecule has 3 heterocycles. The van der Waals surface area contributed by atoms with Crippen molar-refractivity contribution >= 4 is 49.4 Å². The molecule has 11 heteroatoms. The summed E-state index contributed by atoms with van der Waals surface area (Å²) in [5, 5.41) is 7.86. The van der Waals surface area contributed by atoms with E-state index in [0.29, 0.717) is 36.1 Å². The fourth-order valence-electron chi connectivity index (χ4n) is 3.68. The molecule has 2 aliphatic carbocycles. The van der Waals surface area contributed by atoms with Crippen LogP contribution in [-0.2, 0) is 15.7 Å². The van der Waals surface area contributed by atoms with Crippen molar-refractivity contribution in [3.8, 4) is 0 Å². The number of hydrogen-bond donors (Lipinski definition) is 2. The average Bonchev–Trinajstić information content (AvgIpc) is 3.08. The lowest BCUT2D eigenvalue weighted by Crippen LogP contribution is -2.36. The Bertz CT molecular complexity index is 1110. The largest absolute Gasteiger partial charge is 0.345 e. The molecule has 26 heavy (non-hydrogen) atoms. The number of hydrogen-bond acceptors (Lipinski definition) is 5. The summed E-state index contributed by atoms with van der Waals surface area (Å²) in [5.74, 6) is 0.201. The maximum Gasteiger partial charge on any atom is 0.214 e. The molecule has 138 valence electrons. The number of alkyl halides is 2. The minimum Gasteiger partial charge on any atom is -0.345 e. The first kappa shape index (κ1) is 16.8. The molecule has 5 rings (SSSR count). The summed E-state index contributed by atoms with van der Waals surface area (Å²) in [6.07, 6.45) is 5.10. The van der Waals surface area contributed by atoms with Crippen molar-refractivity contribution < 1.29 is 12.8 Å². The van der Waals surface area contributed by atoms with Crippen LogP contribution in [0.5, 0.6) is 0 Å². The number of aromatic amines is 1. The van der Waals surface area contributed by atoms with Gasteiger partial charge in [0.1, 0.15) is 0 Å². The van der Waals surface area contributed by atoms with Gasteiger partial charge in [-0.05, 0) is 25.3 Å². The van der Waals surface area contributed by atoms with E-state index in [9.17, 15) is 8.42 Å². The molecular weight excluding hydrogens is 474 g/mol. The summed E-state index contributed by atoms with van der Waals surface area (Å²) in [4.78, 5) is 7.24. The van der Waals surface area contributed by atoms with Crippen molar-refractivity contribution in [2.45, 2.75) is 46.6 Å². The molecule has 0 amide bonds. The predicted octanol–water partition coefficient (Wildman–Crippen LogP) is 1.82. The Hall–Kier alpha value is -1.34. The van der Waals surface area contributed by atoms with Crippen LogP contribution in [0.1, 0.15) is 31.5 Å². The van der Waals surface area contributed by atoms with Crippen LogP contribution in [0.2, 0.25) is 0 Å². The second kappa shape index (κ2) is 5.58. The summed E-state index contributed by atoms with van der Waals surface area (Å²) in [6.45, 7) is 0. The minimum atomic E-state index is -3.36. The monoisotopic (exact) mass is 490 g/mol. The molecule has 0 radical (unpaired) electrons. The molecule has 0 saturated heterocycles. The van der Waals surface area contributed by atoms with Crippen LogP contribution in [-0.4, -0.2) is 48.2 Å². The SMILES string of the molecule is O=S(=O)(N[C@H]1C[C@@H](I)[C@](F)(c2nnc3cnc4[nH]ccc4n23)C1)C1CC1. The van der Waals surface area contributed by atoms with Gasteiger partial charge in [-0.1, -0.05) is 22.6 Å². The van der Waals surface area contributed by atoms with Gasteiger partial charge < -0.3 is 4.98 Å². The van der Waals surface area contributed by atoms with E-state index in [1.807, 2.05) is 0 Å². The van der Waals surface area contributed by atoms with Gasteiger partial charge in [-0.3, -0.25) is 4.40 Å². The molecule has 0 spiro atoms. The van der Waals surface area contributed by atoms with E-state index in [4.69, 9.17) is 0 Å². The smallest absolute Gasteiger partial charge is 0.214 e. The third kappa shape index (κ3) is 2.47. The Labute approximate surface area is 162 Å². The summed E-state index contributed by atoms with van der Waals surface area (Å²) >= 11 is 2.05. The maximum atomic E-state index is 16.1. The Balaban J connectivity index is 1.55. The Morgan fingerprint density at radius 3 is 2.96 bits per heavy atom. The lowest BCUT2D eigenvalue weighted by atomic mass is 10.0. The molecule has 0 aromatic carbocycles. The van der Waals surface area contributed by atoms with E-state index in [1.54, 1.807) is 22.9 Å². The zero-order chi connectivity index (χ0) is 18.1. The van der Waals surface area contributed by atoms with Gasteiger partial charge in [-0.25, -0.2) is 22.5 Å². The highest BCUT2D eigenvalue weighted by atomic mass is 127. The van der Waals surface area contributed by atoms with Crippen molar-refractivity contribution in [1.82, 2.24) is 29.3 Å². The molecule has 2 fully saturated rings. The molecule has 2 saturated carbocycles. The molecule has 3 aromatic rings. The quantitative estimate of drug-likeness (QED) is 0.429. The Kier molecular flexibility index (Phi) is 3.61. The highest BCUT2D eigenvalue weighted by Crippen LogP contribution is 2.47. The Morgan fingerprint density at radius 2 is 2.19 bits per heavy atom. The van der Waals surface area contributed by atoms with Crippen LogP contribution in [0.25, 0.3) is 16.8 Å². The van der Waals surface area contributed by atoms with E-state index in [2.05, 4.69) is 47.5 Å². The minimum absolute atomic E-state index is 0.0432. The lowest BCUT2D eigenvalue weighted by molar-refractivity contribution is 0.168. The zero-order valence-electron chi connectivity index (χ0n) is 13.6. The van der Waals surface area contributed by atoms with Gasteiger partial charge in [-0.2, -0.15) is 0 Å². The van der Waals surface area contributed by atoms with E-state index < -0.39 is 25.7 Å². The van der Waals surface area contributed by atoms with E-state index in [1.165, 1.54) is 0 Å². The van der Waals surface area contributed by atoms with Gasteiger partial charge in [0.05, 0.1) is 20.9 Å².